The van der Waals surface area contributed by atoms with Crippen LogP contribution in [0.2, 0.25) is 0 Å². The molecule has 0 unspecified atom stereocenters. The number of nitrogens with two attached hydrogens (primary N) is 1. The highest BCUT2D eigenvalue weighted by Crippen LogP contribution is 2.32. The fraction of sp³-hybridized carbons (Fsp3) is 1.00. The standard InChI is InChI=1S/C11H24N2O2/c1-14-8-3-6-13(7-9-15-2)10-11(12)4-5-11/h3-10,12H2,1-2H3. The van der Waals surface area contributed by atoms with E-state index in [0.717, 1.165) is 39.3 Å². The van der Waals surface area contributed by atoms with Crippen LogP contribution < -0.4 is 5.73 Å². The van der Waals surface area contributed by atoms with Gasteiger partial charge in [0.05, 0.1) is 6.61 Å². The Bertz CT molecular complexity index is 172. The average molecular weight is 216 g/mol. The maximum atomic E-state index is 6.11. The normalized spacial score (nSPS) is 18.4. The SMILES string of the molecule is COCCCN(CCOC)CC1(N)CC1. The molecule has 1 aliphatic rings. The van der Waals surface area contributed by atoms with E-state index in [2.05, 4.69) is 4.90 Å². The molecule has 0 aliphatic heterocycles. The van der Waals surface area contributed by atoms with E-state index in [4.69, 9.17) is 15.2 Å². The largest absolute Gasteiger partial charge is 0.385 e. The van der Waals surface area contributed by atoms with Crippen LogP contribution in [0, 0.1) is 0 Å². The van der Waals surface area contributed by atoms with Crippen molar-refractivity contribution in [1.29, 1.82) is 0 Å². The summed E-state index contributed by atoms with van der Waals surface area (Å²) >= 11 is 0. The van der Waals surface area contributed by atoms with Crippen LogP contribution in [0.5, 0.6) is 0 Å². The molecular weight excluding hydrogens is 192 g/mol. The van der Waals surface area contributed by atoms with Crippen LogP contribution in [-0.4, -0.2) is 57.5 Å². The van der Waals surface area contributed by atoms with Crippen LogP contribution in [0.1, 0.15) is 19.3 Å². The molecule has 0 bridgehead atoms. The lowest BCUT2D eigenvalue weighted by Gasteiger charge is -2.25. The summed E-state index contributed by atoms with van der Waals surface area (Å²) in [4.78, 5) is 2.38. The third-order valence-electron chi connectivity index (χ3n) is 2.87. The van der Waals surface area contributed by atoms with Crippen LogP contribution in [0.25, 0.3) is 0 Å². The topological polar surface area (TPSA) is 47.7 Å². The summed E-state index contributed by atoms with van der Waals surface area (Å²) in [6.45, 7) is 4.62. The zero-order valence-electron chi connectivity index (χ0n) is 10.00. The number of ether oxygens (including phenoxy) is 2. The van der Waals surface area contributed by atoms with Gasteiger partial charge in [0.1, 0.15) is 0 Å². The summed E-state index contributed by atoms with van der Waals surface area (Å²) < 4.78 is 10.2. The summed E-state index contributed by atoms with van der Waals surface area (Å²) in [7, 11) is 3.48. The monoisotopic (exact) mass is 216 g/mol. The Morgan fingerprint density at radius 2 is 1.80 bits per heavy atom. The van der Waals surface area contributed by atoms with Gasteiger partial charge >= 0.3 is 0 Å². The molecule has 4 nitrogen and oxygen atoms in total. The molecule has 0 amide bonds. The smallest absolute Gasteiger partial charge is 0.0589 e. The number of hydrogen-bond acceptors (Lipinski definition) is 4. The van der Waals surface area contributed by atoms with E-state index in [9.17, 15) is 0 Å². The third-order valence-corrected chi connectivity index (χ3v) is 2.87. The van der Waals surface area contributed by atoms with Gasteiger partial charge in [0, 0.05) is 46.0 Å². The van der Waals surface area contributed by atoms with Gasteiger partial charge in [-0.3, -0.25) is 4.90 Å². The molecule has 1 rings (SSSR count). The van der Waals surface area contributed by atoms with Crippen LogP contribution in [0.15, 0.2) is 0 Å². The molecule has 0 aromatic heterocycles. The van der Waals surface area contributed by atoms with Gasteiger partial charge in [-0.1, -0.05) is 0 Å². The summed E-state index contributed by atoms with van der Waals surface area (Å²) in [6.07, 6.45) is 3.40. The minimum Gasteiger partial charge on any atom is -0.385 e. The molecule has 0 heterocycles. The van der Waals surface area contributed by atoms with Crippen molar-refractivity contribution in [3.63, 3.8) is 0 Å². The summed E-state index contributed by atoms with van der Waals surface area (Å²) in [6, 6.07) is 0. The Hall–Kier alpha value is -0.160. The molecule has 1 fully saturated rings. The molecule has 4 heteroatoms. The molecule has 1 aliphatic carbocycles. The van der Waals surface area contributed by atoms with E-state index < -0.39 is 0 Å². The molecule has 0 aromatic rings. The molecule has 0 spiro atoms. The molecule has 0 aromatic carbocycles. The lowest BCUT2D eigenvalue weighted by molar-refractivity contribution is 0.127. The van der Waals surface area contributed by atoms with E-state index in [-0.39, 0.29) is 5.54 Å². The van der Waals surface area contributed by atoms with Crippen LogP contribution >= 0.6 is 0 Å². The number of methoxy groups -OCH3 is 2. The van der Waals surface area contributed by atoms with Crippen molar-refractivity contribution >= 4 is 0 Å². The lowest BCUT2D eigenvalue weighted by atomic mass is 10.2. The fourth-order valence-corrected chi connectivity index (χ4v) is 1.69. The van der Waals surface area contributed by atoms with Crippen molar-refractivity contribution in [1.82, 2.24) is 4.90 Å². The second-order valence-corrected chi connectivity index (χ2v) is 4.48. The second kappa shape index (κ2) is 6.43. The molecule has 90 valence electrons. The second-order valence-electron chi connectivity index (χ2n) is 4.48. The minimum absolute atomic E-state index is 0.0980. The predicted molar refractivity (Wildman–Crippen MR) is 61.0 cm³/mol. The zero-order valence-corrected chi connectivity index (χ0v) is 10.00. The maximum absolute atomic E-state index is 6.11. The Kier molecular flexibility index (Phi) is 5.53. The zero-order chi connectivity index (χ0) is 11.1. The summed E-state index contributed by atoms with van der Waals surface area (Å²) in [5.41, 5.74) is 6.21. The van der Waals surface area contributed by atoms with Crippen LogP contribution in [0.4, 0.5) is 0 Å². The van der Waals surface area contributed by atoms with Gasteiger partial charge in [-0.05, 0) is 19.3 Å². The van der Waals surface area contributed by atoms with Gasteiger partial charge in [0.15, 0.2) is 0 Å². The van der Waals surface area contributed by atoms with E-state index in [0.29, 0.717) is 0 Å². The quantitative estimate of drug-likeness (QED) is 0.569. The van der Waals surface area contributed by atoms with E-state index in [1.54, 1.807) is 14.2 Å². The highest BCUT2D eigenvalue weighted by molar-refractivity contribution is 5.00. The first-order valence-corrected chi connectivity index (χ1v) is 5.69. The van der Waals surface area contributed by atoms with Gasteiger partial charge in [0.2, 0.25) is 0 Å². The number of rotatable bonds is 9. The Morgan fingerprint density at radius 1 is 1.13 bits per heavy atom. The van der Waals surface area contributed by atoms with Crippen molar-refractivity contribution in [2.45, 2.75) is 24.8 Å². The first-order valence-electron chi connectivity index (χ1n) is 5.69. The highest BCUT2D eigenvalue weighted by atomic mass is 16.5. The lowest BCUT2D eigenvalue weighted by Crippen LogP contribution is -2.41. The maximum Gasteiger partial charge on any atom is 0.0589 e. The van der Waals surface area contributed by atoms with Gasteiger partial charge in [-0.15, -0.1) is 0 Å². The minimum atomic E-state index is 0.0980. The molecule has 0 saturated heterocycles. The van der Waals surface area contributed by atoms with Crippen molar-refractivity contribution < 1.29 is 9.47 Å². The van der Waals surface area contributed by atoms with E-state index in [1.165, 1.54) is 12.8 Å². The molecular formula is C11H24N2O2. The summed E-state index contributed by atoms with van der Waals surface area (Å²) in [5, 5.41) is 0. The van der Waals surface area contributed by atoms with Crippen LogP contribution in [-0.2, 0) is 9.47 Å². The van der Waals surface area contributed by atoms with E-state index in [1.807, 2.05) is 0 Å². The summed E-state index contributed by atoms with van der Waals surface area (Å²) in [5.74, 6) is 0. The van der Waals surface area contributed by atoms with Crippen molar-refractivity contribution in [2.75, 3.05) is 47.1 Å². The predicted octanol–water partition coefficient (Wildman–Crippen LogP) is 0.463. The van der Waals surface area contributed by atoms with E-state index >= 15 is 0 Å². The highest BCUT2D eigenvalue weighted by Gasteiger charge is 2.39. The Balaban J connectivity index is 2.18. The van der Waals surface area contributed by atoms with Crippen LogP contribution in [0.3, 0.4) is 0 Å². The van der Waals surface area contributed by atoms with Crippen molar-refractivity contribution in [3.8, 4) is 0 Å². The molecule has 1 saturated carbocycles. The number of hydrogen-bond donors (Lipinski definition) is 1. The third kappa shape index (κ3) is 5.47. The van der Waals surface area contributed by atoms with Crippen molar-refractivity contribution in [2.24, 2.45) is 5.73 Å². The Morgan fingerprint density at radius 3 is 2.33 bits per heavy atom. The fourth-order valence-electron chi connectivity index (χ4n) is 1.69. The first kappa shape index (κ1) is 12.9. The van der Waals surface area contributed by atoms with Gasteiger partial charge in [0.25, 0.3) is 0 Å². The molecule has 2 N–H and O–H groups in total. The van der Waals surface area contributed by atoms with Gasteiger partial charge < -0.3 is 15.2 Å². The van der Waals surface area contributed by atoms with Gasteiger partial charge in [-0.25, -0.2) is 0 Å². The van der Waals surface area contributed by atoms with Gasteiger partial charge in [-0.2, -0.15) is 0 Å². The first-order chi connectivity index (χ1) is 7.20. The Labute approximate surface area is 92.7 Å². The molecule has 0 radical (unpaired) electrons. The molecule has 15 heavy (non-hydrogen) atoms. The molecule has 0 atom stereocenters. The van der Waals surface area contributed by atoms with Crippen molar-refractivity contribution in [3.05, 3.63) is 0 Å². The average Bonchev–Trinajstić information content (AvgIpc) is 2.93. The number of nitrogens with zero attached hydrogens (tertiary/aromatic N) is 1.